The fourth-order valence-electron chi connectivity index (χ4n) is 7.72. The molecule has 2 aliphatic heterocycles. The summed E-state index contributed by atoms with van der Waals surface area (Å²) in [5.74, 6) is -1.83. The first kappa shape index (κ1) is 49.6. The molecule has 2 heterocycles. The number of methoxy groups -OCH3 is 1. The quantitative estimate of drug-likeness (QED) is 0.0277. The van der Waals surface area contributed by atoms with Crippen LogP contribution in [0.25, 0.3) is 0 Å². The summed E-state index contributed by atoms with van der Waals surface area (Å²) in [6, 6.07) is 17.1. The predicted molar refractivity (Wildman–Crippen MR) is 249 cm³/mol. The maximum atomic E-state index is 13.3. The van der Waals surface area contributed by atoms with Crippen LogP contribution < -0.4 is 16.1 Å². The predicted octanol–water partition coefficient (Wildman–Crippen LogP) is 8.29. The number of Topliss-reactive ketones (excluding diaryl/α,β-unsaturated/α-hetero) is 2. The number of likely N-dealkylation sites (tertiary alicyclic amines) is 2. The number of nitrogens with one attached hydrogen (secondary N) is 3. The van der Waals surface area contributed by atoms with Gasteiger partial charge < -0.3 is 25.2 Å². The van der Waals surface area contributed by atoms with Gasteiger partial charge in [-0.25, -0.2) is 5.48 Å². The Balaban J connectivity index is 1.06. The summed E-state index contributed by atoms with van der Waals surface area (Å²) >= 11 is 0. The summed E-state index contributed by atoms with van der Waals surface area (Å²) < 4.78 is 5.29. The maximum Gasteiger partial charge on any atom is 0.258 e. The second-order valence-corrected chi connectivity index (χ2v) is 16.8. The Labute approximate surface area is 377 Å². The molecule has 3 aromatic carbocycles. The Morgan fingerprint density at radius 1 is 0.797 bits per heavy atom. The average molecular weight is 879 g/mol. The van der Waals surface area contributed by atoms with Crippen molar-refractivity contribution in [3.8, 4) is 0 Å². The molecule has 3 N–H and O–H groups in total. The molecule has 0 aliphatic carbocycles. The minimum atomic E-state index is -1.40. The largest absolute Gasteiger partial charge is 0.352 e. The molecule has 4 atom stereocenters. The smallest absolute Gasteiger partial charge is 0.258 e. The molecular formula is C48H66N10O6. The second-order valence-electron chi connectivity index (χ2n) is 16.8. The van der Waals surface area contributed by atoms with Gasteiger partial charge in [0.25, 0.3) is 11.8 Å². The zero-order valence-electron chi connectivity index (χ0n) is 38.3. The highest BCUT2D eigenvalue weighted by molar-refractivity contribution is 6.30. The number of carbonyl (C=O) groups is 4. The van der Waals surface area contributed by atoms with E-state index in [1.807, 2.05) is 12.1 Å². The molecule has 0 spiro atoms. The van der Waals surface area contributed by atoms with E-state index in [-0.39, 0.29) is 5.91 Å². The van der Waals surface area contributed by atoms with Crippen LogP contribution in [0, 0.1) is 13.8 Å². The van der Waals surface area contributed by atoms with Crippen LogP contribution >= 0.6 is 0 Å². The number of anilines is 1. The first-order valence-electron chi connectivity index (χ1n) is 22.6. The summed E-state index contributed by atoms with van der Waals surface area (Å²) in [6.07, 6.45) is 9.46. The van der Waals surface area contributed by atoms with Gasteiger partial charge in [-0.1, -0.05) is 25.0 Å². The Kier molecular flexibility index (Phi) is 20.0. The van der Waals surface area contributed by atoms with Crippen LogP contribution in [-0.4, -0.2) is 110 Å². The van der Waals surface area contributed by atoms with Crippen molar-refractivity contribution in [3.63, 3.8) is 0 Å². The molecule has 5 rings (SSSR count). The number of hydrogen-bond acceptors (Lipinski definition) is 14. The van der Waals surface area contributed by atoms with Gasteiger partial charge in [-0.3, -0.25) is 29.0 Å². The van der Waals surface area contributed by atoms with E-state index in [9.17, 15) is 19.2 Å². The number of amides is 2. The second kappa shape index (κ2) is 25.8. The highest BCUT2D eigenvalue weighted by atomic mass is 16.6. The molecule has 2 aliphatic rings. The molecule has 0 bridgehead atoms. The maximum absolute atomic E-state index is 13.3. The van der Waals surface area contributed by atoms with Gasteiger partial charge in [-0.05, 0) is 158 Å². The molecule has 2 fully saturated rings. The molecule has 64 heavy (non-hydrogen) atoms. The van der Waals surface area contributed by atoms with Crippen LogP contribution in [0.5, 0.6) is 0 Å². The molecule has 4 unspecified atom stereocenters. The third-order valence-electron chi connectivity index (χ3n) is 11.7. The van der Waals surface area contributed by atoms with E-state index < -0.39 is 29.7 Å². The third kappa shape index (κ3) is 15.7. The standard InChI is InChI=1S/C48H66N10O6/c1-33-30-43(52-47(62)45(37(5)59)55-53-41-21-17-39(18-22-41)46(61)49-23-11-27-57-25-9-7-13-35(57)3)34(2)29-42(33)50-31-44(60)48(63-6)56-54-40-19-15-38(16-20-40)32-64-51-24-12-28-58-26-10-8-14-36(58)4/h15-22,29-31,35-36,45,48,51H,7-14,23-28,32H2,1-6H3,(H,49,61)(H,52,62). The average Bonchev–Trinajstić information content (AvgIpc) is 3.28. The lowest BCUT2D eigenvalue weighted by atomic mass is 10.0. The molecule has 16 nitrogen and oxygen atoms in total. The van der Waals surface area contributed by atoms with Crippen molar-refractivity contribution in [2.24, 2.45) is 25.4 Å². The zero-order chi connectivity index (χ0) is 45.8. The van der Waals surface area contributed by atoms with E-state index in [2.05, 4.69) is 65.2 Å². The number of aryl methyl sites for hydroxylation is 2. The number of hydrogen-bond donors (Lipinski definition) is 3. The molecule has 2 amide bonds. The topological polar surface area (TPSA) is 191 Å². The molecule has 3 aromatic rings. The van der Waals surface area contributed by atoms with E-state index in [4.69, 9.17) is 9.57 Å². The van der Waals surface area contributed by atoms with Gasteiger partial charge in [0.2, 0.25) is 18.1 Å². The Morgan fingerprint density at radius 3 is 2.02 bits per heavy atom. The van der Waals surface area contributed by atoms with Crippen molar-refractivity contribution in [1.82, 2.24) is 20.6 Å². The molecule has 344 valence electrons. The summed E-state index contributed by atoms with van der Waals surface area (Å²) in [4.78, 5) is 66.5. The molecule has 16 heteroatoms. The van der Waals surface area contributed by atoms with Gasteiger partial charge in [0.05, 0.1) is 29.9 Å². The number of ketones is 2. The first-order chi connectivity index (χ1) is 30.9. The van der Waals surface area contributed by atoms with Gasteiger partial charge in [0.1, 0.15) is 0 Å². The van der Waals surface area contributed by atoms with Crippen LogP contribution in [0.4, 0.5) is 22.7 Å². The minimum absolute atomic E-state index is 0.178. The zero-order valence-corrected chi connectivity index (χ0v) is 38.3. The number of rotatable bonds is 23. The summed E-state index contributed by atoms with van der Waals surface area (Å²) in [7, 11) is 1.37. The van der Waals surface area contributed by atoms with E-state index in [0.717, 1.165) is 50.8 Å². The van der Waals surface area contributed by atoms with E-state index in [1.54, 1.807) is 62.4 Å². The summed E-state index contributed by atoms with van der Waals surface area (Å²) in [6.45, 7) is 15.5. The molecule has 0 radical (unpaired) electrons. The highest BCUT2D eigenvalue weighted by Crippen LogP contribution is 2.27. The number of carbonyl (C=O) groups excluding carboxylic acids is 4. The van der Waals surface area contributed by atoms with Crippen molar-refractivity contribution < 1.29 is 28.8 Å². The van der Waals surface area contributed by atoms with Crippen LogP contribution in [-0.2, 0) is 30.6 Å². The Bertz CT molecular complexity index is 2090. The van der Waals surface area contributed by atoms with Crippen molar-refractivity contribution >= 4 is 52.3 Å². The fourth-order valence-corrected chi connectivity index (χ4v) is 7.72. The van der Waals surface area contributed by atoms with E-state index >= 15 is 0 Å². The SMILES string of the molecule is COC(N=Nc1ccc(CONCCCN2CCCCC2C)cc1)C(=O)C=Nc1cc(C)c(NC(=O)C(N=Nc2ccc(C(=O)NCCCN3CCCCC3C)cc2)C(C)=O)cc1C. The number of nitrogens with zero attached hydrogens (tertiary/aromatic N) is 7. The third-order valence-corrected chi connectivity index (χ3v) is 11.7. The molecule has 2 saturated heterocycles. The lowest BCUT2D eigenvalue weighted by molar-refractivity contribution is -0.126. The summed E-state index contributed by atoms with van der Waals surface area (Å²) in [5.41, 5.74) is 7.69. The van der Waals surface area contributed by atoms with Gasteiger partial charge in [-0.2, -0.15) is 15.3 Å². The Hall–Kier alpha value is -5.39. The number of hydroxylamine groups is 1. The lowest BCUT2D eigenvalue weighted by Gasteiger charge is -2.33. The van der Waals surface area contributed by atoms with Gasteiger partial charge in [0, 0.05) is 50.1 Å². The first-order valence-corrected chi connectivity index (χ1v) is 22.6. The lowest BCUT2D eigenvalue weighted by Crippen LogP contribution is -2.39. The van der Waals surface area contributed by atoms with Crippen molar-refractivity contribution in [2.75, 3.05) is 51.7 Å². The van der Waals surface area contributed by atoms with Crippen LogP contribution in [0.2, 0.25) is 0 Å². The number of piperidine rings is 2. The number of ether oxygens (including phenoxy) is 1. The number of azo groups is 2. The van der Waals surface area contributed by atoms with Crippen molar-refractivity contribution in [1.29, 1.82) is 0 Å². The van der Waals surface area contributed by atoms with Gasteiger partial charge in [0.15, 0.2) is 5.78 Å². The van der Waals surface area contributed by atoms with Crippen LogP contribution in [0.1, 0.15) is 99.2 Å². The van der Waals surface area contributed by atoms with Gasteiger partial charge in [-0.15, -0.1) is 5.11 Å². The highest BCUT2D eigenvalue weighted by Gasteiger charge is 2.24. The van der Waals surface area contributed by atoms with Crippen LogP contribution in [0.15, 0.2) is 86.1 Å². The van der Waals surface area contributed by atoms with Gasteiger partial charge >= 0.3 is 0 Å². The van der Waals surface area contributed by atoms with Crippen LogP contribution in [0.3, 0.4) is 0 Å². The van der Waals surface area contributed by atoms with E-state index in [0.29, 0.717) is 64.7 Å². The molecule has 0 saturated carbocycles. The molecular weight excluding hydrogens is 813 g/mol. The number of benzene rings is 3. The van der Waals surface area contributed by atoms with E-state index in [1.165, 1.54) is 59.1 Å². The van der Waals surface area contributed by atoms with Crippen molar-refractivity contribution in [2.45, 2.75) is 117 Å². The molecule has 0 aromatic heterocycles. The van der Waals surface area contributed by atoms with Crippen molar-refractivity contribution in [3.05, 3.63) is 82.9 Å². The Morgan fingerprint density at radius 2 is 1.41 bits per heavy atom. The fraction of sp³-hybridized carbons (Fsp3) is 0.521. The summed E-state index contributed by atoms with van der Waals surface area (Å²) in [5, 5.41) is 22.2. The normalized spacial score (nSPS) is 18.4. The monoisotopic (exact) mass is 879 g/mol. The minimum Gasteiger partial charge on any atom is -0.352 e. The number of aliphatic imine (C=N–C) groups is 1.